The van der Waals surface area contributed by atoms with Crippen molar-refractivity contribution in [3.63, 3.8) is 0 Å². The minimum Gasteiger partial charge on any atom is -0.462 e. The van der Waals surface area contributed by atoms with Crippen molar-refractivity contribution in [1.29, 1.82) is 0 Å². The van der Waals surface area contributed by atoms with Gasteiger partial charge in [-0.25, -0.2) is 0 Å². The monoisotopic (exact) mass is 1080 g/mol. The molecular weight excluding hydrogens is 973 g/mol. The second-order valence-corrected chi connectivity index (χ2v) is 19.8. The highest BCUT2D eigenvalue weighted by molar-refractivity contribution is 5.71. The Morgan fingerprint density at radius 1 is 0.253 bits per heavy atom. The van der Waals surface area contributed by atoms with E-state index in [1.54, 1.807) is 0 Å². The molecule has 0 bridgehead atoms. The van der Waals surface area contributed by atoms with Crippen LogP contribution in [0.15, 0.2) is 182 Å². The van der Waals surface area contributed by atoms with Gasteiger partial charge in [0.2, 0.25) is 0 Å². The smallest absolute Gasteiger partial charge is 0.306 e. The van der Waals surface area contributed by atoms with E-state index in [4.69, 9.17) is 14.2 Å². The van der Waals surface area contributed by atoms with Crippen LogP contribution in [0.3, 0.4) is 0 Å². The second kappa shape index (κ2) is 65.0. The van der Waals surface area contributed by atoms with Gasteiger partial charge in [0.15, 0.2) is 6.10 Å². The third-order valence-electron chi connectivity index (χ3n) is 12.4. The number of ether oxygens (including phenoxy) is 3. The number of unbranched alkanes of at least 4 members (excludes halogenated alkanes) is 13. The molecule has 0 aliphatic carbocycles. The summed E-state index contributed by atoms with van der Waals surface area (Å²) in [6, 6.07) is 0. The average Bonchev–Trinajstić information content (AvgIpc) is 3.45. The predicted molar refractivity (Wildman–Crippen MR) is 343 cm³/mol. The van der Waals surface area contributed by atoms with E-state index < -0.39 is 6.10 Å². The summed E-state index contributed by atoms with van der Waals surface area (Å²) in [5, 5.41) is 0. The molecule has 0 spiro atoms. The Kier molecular flexibility index (Phi) is 60.5. The fraction of sp³-hybridized carbons (Fsp3) is 0.548. The van der Waals surface area contributed by atoms with Gasteiger partial charge in [0, 0.05) is 19.3 Å². The van der Waals surface area contributed by atoms with Crippen molar-refractivity contribution >= 4 is 17.9 Å². The Morgan fingerprint density at radius 3 is 0.734 bits per heavy atom. The van der Waals surface area contributed by atoms with Crippen LogP contribution in [0.5, 0.6) is 0 Å². The second-order valence-electron chi connectivity index (χ2n) is 19.8. The predicted octanol–water partition coefficient (Wildman–Crippen LogP) is 21.7. The molecule has 0 N–H and O–H groups in total. The quantitative estimate of drug-likeness (QED) is 0.0261. The Morgan fingerprint density at radius 2 is 0.456 bits per heavy atom. The highest BCUT2D eigenvalue weighted by Gasteiger charge is 2.19. The van der Waals surface area contributed by atoms with Crippen molar-refractivity contribution in [1.82, 2.24) is 0 Å². The molecule has 0 aliphatic heterocycles. The Hall–Kier alpha value is -5.49. The lowest BCUT2D eigenvalue weighted by atomic mass is 10.1. The Balaban J connectivity index is 4.53. The van der Waals surface area contributed by atoms with Gasteiger partial charge >= 0.3 is 17.9 Å². The molecule has 440 valence electrons. The number of hydrogen-bond acceptors (Lipinski definition) is 6. The van der Waals surface area contributed by atoms with Crippen molar-refractivity contribution in [3.05, 3.63) is 182 Å². The van der Waals surface area contributed by atoms with Crippen LogP contribution in [0.25, 0.3) is 0 Å². The number of carbonyl (C=O) groups excluding carboxylic acids is 3. The molecule has 1 unspecified atom stereocenters. The van der Waals surface area contributed by atoms with E-state index in [-0.39, 0.29) is 44.0 Å². The van der Waals surface area contributed by atoms with Gasteiger partial charge < -0.3 is 14.2 Å². The molecule has 0 rings (SSSR count). The molecule has 0 aromatic heterocycles. The zero-order valence-electron chi connectivity index (χ0n) is 50.3. The fourth-order valence-electron chi connectivity index (χ4n) is 7.81. The SMILES string of the molecule is CC/C=C\C/C=C\C/C=C\C/C=C\C/C=C\C/C=C\C/C=C\C/C=C\CCCCC(=O)OCC(COC(=O)CCCCCCC/C=C\C/C=C\C/C=C\CC)OC(=O)CCCCCCCC/C=C\C/C=C\C/C=C\C/C=C\CC. The lowest BCUT2D eigenvalue weighted by Gasteiger charge is -2.18. The van der Waals surface area contributed by atoms with Crippen molar-refractivity contribution < 1.29 is 28.6 Å². The van der Waals surface area contributed by atoms with Crippen LogP contribution in [0.2, 0.25) is 0 Å². The molecule has 6 nitrogen and oxygen atoms in total. The van der Waals surface area contributed by atoms with Crippen LogP contribution in [0.4, 0.5) is 0 Å². The van der Waals surface area contributed by atoms with Crippen molar-refractivity contribution in [3.8, 4) is 0 Å². The molecular formula is C73H112O6. The van der Waals surface area contributed by atoms with Crippen molar-refractivity contribution in [2.75, 3.05) is 13.2 Å². The maximum atomic E-state index is 12.9. The summed E-state index contributed by atoms with van der Waals surface area (Å²) in [6.07, 6.45) is 97.5. The maximum Gasteiger partial charge on any atom is 0.306 e. The molecule has 0 aromatic rings. The van der Waals surface area contributed by atoms with Crippen LogP contribution in [0.1, 0.15) is 239 Å². The lowest BCUT2D eigenvalue weighted by Crippen LogP contribution is -2.30. The first-order valence-electron chi connectivity index (χ1n) is 31.3. The van der Waals surface area contributed by atoms with Crippen molar-refractivity contribution in [2.24, 2.45) is 0 Å². The molecule has 0 fully saturated rings. The zero-order valence-corrected chi connectivity index (χ0v) is 50.3. The number of allylic oxidation sites excluding steroid dienone is 30. The summed E-state index contributed by atoms with van der Waals surface area (Å²) < 4.78 is 16.8. The first-order valence-corrected chi connectivity index (χ1v) is 31.3. The molecule has 0 aromatic carbocycles. The first kappa shape index (κ1) is 73.5. The van der Waals surface area contributed by atoms with E-state index in [1.165, 1.54) is 12.8 Å². The zero-order chi connectivity index (χ0) is 57.1. The van der Waals surface area contributed by atoms with E-state index in [9.17, 15) is 14.4 Å². The molecule has 0 saturated heterocycles. The van der Waals surface area contributed by atoms with Gasteiger partial charge in [0.25, 0.3) is 0 Å². The molecule has 6 heteroatoms. The topological polar surface area (TPSA) is 78.9 Å². The lowest BCUT2D eigenvalue weighted by molar-refractivity contribution is -0.167. The number of rotatable bonds is 54. The van der Waals surface area contributed by atoms with Gasteiger partial charge in [-0.3, -0.25) is 14.4 Å². The maximum absolute atomic E-state index is 12.9. The highest BCUT2D eigenvalue weighted by atomic mass is 16.6. The highest BCUT2D eigenvalue weighted by Crippen LogP contribution is 2.13. The number of carbonyl (C=O) groups is 3. The molecule has 1 atom stereocenters. The standard InChI is InChI=1S/C73H112O6/c1-4-7-10-13-16-19-22-25-28-30-32-33-34-35-36-37-38-39-41-42-45-48-51-54-57-60-63-66-72(75)78-69-70(68-77-71(74)65-62-59-56-53-50-47-44-27-24-21-18-15-12-9-6-3)79-73(76)67-64-61-58-55-52-49-46-43-40-31-29-26-23-20-17-14-11-8-5-2/h7-12,16-21,25-29,32-33,35-36,38-40,42-45,51,54,70H,4-6,13-15,22-24,30-31,34,37,41,46-50,52-53,55-69H2,1-3H3/b10-7-,11-8-,12-9-,19-16-,20-17-,21-18-,28-25-,29-26-,33-32-,36-35-,39-38-,43-40-,44-27-,45-42-,54-51-. The van der Waals surface area contributed by atoms with E-state index >= 15 is 0 Å². The van der Waals surface area contributed by atoms with Gasteiger partial charge in [-0.05, 0) is 154 Å². The molecule has 0 amide bonds. The van der Waals surface area contributed by atoms with E-state index in [2.05, 4.69) is 203 Å². The Bertz CT molecular complexity index is 1870. The van der Waals surface area contributed by atoms with Crippen LogP contribution in [-0.2, 0) is 28.6 Å². The summed E-state index contributed by atoms with van der Waals surface area (Å²) in [7, 11) is 0. The third-order valence-corrected chi connectivity index (χ3v) is 12.4. The molecule has 0 saturated carbocycles. The summed E-state index contributed by atoms with van der Waals surface area (Å²) >= 11 is 0. The van der Waals surface area contributed by atoms with Gasteiger partial charge in [-0.2, -0.15) is 0 Å². The fourth-order valence-corrected chi connectivity index (χ4v) is 7.81. The largest absolute Gasteiger partial charge is 0.462 e. The summed E-state index contributed by atoms with van der Waals surface area (Å²) in [6.45, 7) is 6.22. The van der Waals surface area contributed by atoms with Crippen LogP contribution in [0, 0.1) is 0 Å². The van der Waals surface area contributed by atoms with Crippen LogP contribution in [-0.4, -0.2) is 37.2 Å². The van der Waals surface area contributed by atoms with Crippen molar-refractivity contribution in [2.45, 2.75) is 245 Å². The summed E-state index contributed by atoms with van der Waals surface area (Å²) in [5.74, 6) is -1.000. The van der Waals surface area contributed by atoms with Gasteiger partial charge in [0.1, 0.15) is 13.2 Å². The molecule has 0 aliphatic rings. The van der Waals surface area contributed by atoms with E-state index in [0.717, 1.165) is 180 Å². The number of hydrogen-bond donors (Lipinski definition) is 0. The summed E-state index contributed by atoms with van der Waals surface area (Å²) in [4.78, 5) is 38.3. The molecule has 0 radical (unpaired) electrons. The minimum absolute atomic E-state index is 0.116. The first-order chi connectivity index (χ1) is 39.0. The number of esters is 3. The van der Waals surface area contributed by atoms with Crippen LogP contribution >= 0.6 is 0 Å². The minimum atomic E-state index is -0.824. The average molecular weight is 1090 g/mol. The Labute approximate surface area is 484 Å². The third kappa shape index (κ3) is 63.2. The van der Waals surface area contributed by atoms with E-state index in [1.807, 2.05) is 0 Å². The molecule has 0 heterocycles. The molecule has 79 heavy (non-hydrogen) atoms. The normalized spacial score (nSPS) is 13.4. The van der Waals surface area contributed by atoms with E-state index in [0.29, 0.717) is 12.8 Å². The summed E-state index contributed by atoms with van der Waals surface area (Å²) in [5.41, 5.74) is 0. The van der Waals surface area contributed by atoms with Gasteiger partial charge in [0.05, 0.1) is 0 Å². The van der Waals surface area contributed by atoms with Crippen LogP contribution < -0.4 is 0 Å². The van der Waals surface area contributed by atoms with Gasteiger partial charge in [-0.15, -0.1) is 0 Å². The van der Waals surface area contributed by atoms with Gasteiger partial charge in [-0.1, -0.05) is 248 Å².